The number of rotatable bonds is 2. The van der Waals surface area contributed by atoms with Gasteiger partial charge in [-0.25, -0.2) is 4.79 Å². The molecule has 0 bridgehead atoms. The zero-order valence-corrected chi connectivity index (χ0v) is 8.87. The van der Waals surface area contributed by atoms with Gasteiger partial charge in [-0.05, 0) is 12.3 Å². The van der Waals surface area contributed by atoms with Gasteiger partial charge in [-0.2, -0.15) is 0 Å². The summed E-state index contributed by atoms with van der Waals surface area (Å²) in [6.07, 6.45) is 2.28. The summed E-state index contributed by atoms with van der Waals surface area (Å²) in [5.41, 5.74) is -0.753. The number of nitrogens with one attached hydrogen (secondary N) is 1. The van der Waals surface area contributed by atoms with Gasteiger partial charge in [-0.15, -0.1) is 11.8 Å². The molecule has 2 heterocycles. The van der Waals surface area contributed by atoms with Crippen LogP contribution in [0.1, 0.15) is 11.8 Å². The summed E-state index contributed by atoms with van der Waals surface area (Å²) < 4.78 is 1.52. The smallest absolute Gasteiger partial charge is 0.329 e. The van der Waals surface area contributed by atoms with Crippen molar-refractivity contribution < 1.29 is 5.11 Å². The van der Waals surface area contributed by atoms with Gasteiger partial charge in [-0.3, -0.25) is 14.3 Å². The first-order chi connectivity index (χ1) is 7.20. The molecular weight excluding hydrogens is 216 g/mol. The fourth-order valence-corrected chi connectivity index (χ4v) is 3.11. The zero-order valence-electron chi connectivity index (χ0n) is 8.05. The highest BCUT2D eigenvalue weighted by Crippen LogP contribution is 2.37. The summed E-state index contributed by atoms with van der Waals surface area (Å²) in [6, 6.07) is 1.34. The molecule has 0 saturated carbocycles. The van der Waals surface area contributed by atoms with Gasteiger partial charge < -0.3 is 5.11 Å². The van der Waals surface area contributed by atoms with Crippen LogP contribution in [-0.4, -0.2) is 27.0 Å². The highest BCUT2D eigenvalue weighted by Gasteiger charge is 2.26. The lowest BCUT2D eigenvalue weighted by Crippen LogP contribution is -2.30. The van der Waals surface area contributed by atoms with Crippen molar-refractivity contribution in [2.45, 2.75) is 11.8 Å². The first-order valence-electron chi connectivity index (χ1n) is 4.74. The van der Waals surface area contributed by atoms with E-state index in [9.17, 15) is 9.59 Å². The van der Waals surface area contributed by atoms with E-state index in [-0.39, 0.29) is 29.1 Å². The van der Waals surface area contributed by atoms with Gasteiger partial charge in [0, 0.05) is 24.6 Å². The zero-order chi connectivity index (χ0) is 10.8. The van der Waals surface area contributed by atoms with E-state index >= 15 is 0 Å². The van der Waals surface area contributed by atoms with Crippen molar-refractivity contribution in [1.29, 1.82) is 0 Å². The number of hydrogen-bond donors (Lipinski definition) is 2. The maximum absolute atomic E-state index is 11.5. The van der Waals surface area contributed by atoms with Crippen LogP contribution in [0.25, 0.3) is 0 Å². The molecular formula is C9H12N2O3S. The van der Waals surface area contributed by atoms with Crippen LogP contribution < -0.4 is 11.2 Å². The molecule has 1 aromatic rings. The minimum absolute atomic E-state index is 0.0338. The predicted molar refractivity (Wildman–Crippen MR) is 58.0 cm³/mol. The Morgan fingerprint density at radius 1 is 1.60 bits per heavy atom. The van der Waals surface area contributed by atoms with Gasteiger partial charge in [0.25, 0.3) is 5.56 Å². The van der Waals surface area contributed by atoms with Crippen LogP contribution in [0, 0.1) is 5.92 Å². The van der Waals surface area contributed by atoms with Crippen LogP contribution >= 0.6 is 11.8 Å². The first-order valence-corrected chi connectivity index (χ1v) is 5.79. The summed E-state index contributed by atoms with van der Waals surface area (Å²) >= 11 is 1.63. The van der Waals surface area contributed by atoms with E-state index in [4.69, 9.17) is 5.11 Å². The molecule has 1 aliphatic rings. The molecule has 1 saturated heterocycles. The number of thioether (sulfide) groups is 1. The third kappa shape index (κ3) is 2.15. The number of aromatic amines is 1. The number of aromatic nitrogens is 2. The average molecular weight is 228 g/mol. The van der Waals surface area contributed by atoms with Gasteiger partial charge in [0.1, 0.15) is 0 Å². The first kappa shape index (κ1) is 10.5. The number of aliphatic hydroxyl groups excluding tert-OH is 1. The Hall–Kier alpha value is -1.01. The van der Waals surface area contributed by atoms with Crippen molar-refractivity contribution >= 4 is 11.8 Å². The monoisotopic (exact) mass is 228 g/mol. The van der Waals surface area contributed by atoms with Crippen LogP contribution in [0.15, 0.2) is 21.9 Å². The second-order valence-corrected chi connectivity index (χ2v) is 4.80. The molecule has 1 fully saturated rings. The Labute approximate surface area is 90.1 Å². The van der Waals surface area contributed by atoms with Gasteiger partial charge in [0.05, 0.1) is 5.37 Å². The lowest BCUT2D eigenvalue weighted by molar-refractivity contribution is 0.233. The van der Waals surface area contributed by atoms with Crippen molar-refractivity contribution in [2.24, 2.45) is 5.92 Å². The minimum atomic E-state index is -0.377. The van der Waals surface area contributed by atoms with Gasteiger partial charge >= 0.3 is 5.69 Å². The fraction of sp³-hybridized carbons (Fsp3) is 0.556. The highest BCUT2D eigenvalue weighted by atomic mass is 32.2. The molecule has 2 N–H and O–H groups in total. The summed E-state index contributed by atoms with van der Waals surface area (Å²) in [6.45, 7) is 0.154. The average Bonchev–Trinajstić information content (AvgIpc) is 2.66. The second kappa shape index (κ2) is 4.24. The molecule has 6 heteroatoms. The molecule has 0 spiro atoms. The maximum Gasteiger partial charge on any atom is 0.329 e. The molecule has 0 unspecified atom stereocenters. The summed E-state index contributed by atoms with van der Waals surface area (Å²) in [5.74, 6) is 1.10. The molecule has 1 aliphatic heterocycles. The number of H-pyrrole nitrogens is 1. The van der Waals surface area contributed by atoms with Crippen molar-refractivity contribution in [2.75, 3.05) is 12.4 Å². The van der Waals surface area contributed by atoms with Crippen LogP contribution in [0.2, 0.25) is 0 Å². The Kier molecular flexibility index (Phi) is 2.97. The van der Waals surface area contributed by atoms with Crippen LogP contribution in [-0.2, 0) is 0 Å². The van der Waals surface area contributed by atoms with E-state index in [0.717, 1.165) is 12.2 Å². The van der Waals surface area contributed by atoms with Crippen LogP contribution in [0.4, 0.5) is 0 Å². The SMILES string of the molecule is O=c1ccn([C@H]2C[C@H](CO)CS2)c(=O)[nH]1. The standard InChI is InChI=1S/C9H12N2O3S/c12-4-6-3-8(15-5-6)11-2-1-7(13)10-9(11)14/h1-2,6,8,12H,3-5H2,(H,10,13,14)/t6-,8-/m1/s1. The molecule has 15 heavy (non-hydrogen) atoms. The molecule has 82 valence electrons. The largest absolute Gasteiger partial charge is 0.396 e. The summed E-state index contributed by atoms with van der Waals surface area (Å²) in [4.78, 5) is 24.5. The summed E-state index contributed by atoms with van der Waals surface area (Å²) in [5, 5.41) is 9.02. The number of hydrogen-bond acceptors (Lipinski definition) is 4. The Morgan fingerprint density at radius 2 is 2.40 bits per heavy atom. The summed E-state index contributed by atoms with van der Waals surface area (Å²) in [7, 11) is 0. The molecule has 0 aromatic carbocycles. The maximum atomic E-state index is 11.5. The van der Waals surface area contributed by atoms with E-state index in [1.54, 1.807) is 11.8 Å². The predicted octanol–water partition coefficient (Wildman–Crippen LogP) is -0.219. The Bertz CT molecular complexity index is 453. The third-order valence-electron chi connectivity index (χ3n) is 2.48. The molecule has 2 rings (SSSR count). The van der Waals surface area contributed by atoms with Crippen molar-refractivity contribution in [3.05, 3.63) is 33.1 Å². The lowest BCUT2D eigenvalue weighted by atomic mass is 10.1. The van der Waals surface area contributed by atoms with E-state index in [0.29, 0.717) is 0 Å². The van der Waals surface area contributed by atoms with Gasteiger partial charge in [0.2, 0.25) is 0 Å². The van der Waals surface area contributed by atoms with Crippen molar-refractivity contribution in [3.8, 4) is 0 Å². The molecule has 5 nitrogen and oxygen atoms in total. The van der Waals surface area contributed by atoms with Crippen molar-refractivity contribution in [1.82, 2.24) is 9.55 Å². The molecule has 0 aliphatic carbocycles. The van der Waals surface area contributed by atoms with E-state index in [1.165, 1.54) is 16.8 Å². The topological polar surface area (TPSA) is 75.1 Å². The van der Waals surface area contributed by atoms with E-state index in [2.05, 4.69) is 4.98 Å². The molecule has 0 amide bonds. The quantitative estimate of drug-likeness (QED) is 0.734. The number of aliphatic hydroxyl groups is 1. The van der Waals surface area contributed by atoms with Crippen molar-refractivity contribution in [3.63, 3.8) is 0 Å². The lowest BCUT2D eigenvalue weighted by Gasteiger charge is -2.11. The second-order valence-electron chi connectivity index (χ2n) is 3.59. The van der Waals surface area contributed by atoms with Crippen LogP contribution in [0.5, 0.6) is 0 Å². The van der Waals surface area contributed by atoms with Crippen LogP contribution in [0.3, 0.4) is 0 Å². The van der Waals surface area contributed by atoms with E-state index < -0.39 is 0 Å². The normalized spacial score (nSPS) is 25.7. The Morgan fingerprint density at radius 3 is 3.00 bits per heavy atom. The number of nitrogens with zero attached hydrogens (tertiary/aromatic N) is 1. The fourth-order valence-electron chi connectivity index (χ4n) is 1.64. The van der Waals surface area contributed by atoms with Gasteiger partial charge in [-0.1, -0.05) is 0 Å². The highest BCUT2D eigenvalue weighted by molar-refractivity contribution is 7.99. The van der Waals surface area contributed by atoms with E-state index in [1.807, 2.05) is 0 Å². The molecule has 0 radical (unpaired) electrons. The molecule has 1 aromatic heterocycles. The minimum Gasteiger partial charge on any atom is -0.396 e. The third-order valence-corrected chi connectivity index (χ3v) is 3.95. The van der Waals surface area contributed by atoms with Gasteiger partial charge in [0.15, 0.2) is 0 Å². The molecule has 2 atom stereocenters. The Balaban J connectivity index is 2.24.